The maximum absolute atomic E-state index is 13.9. The van der Waals surface area contributed by atoms with E-state index in [1.807, 2.05) is 0 Å². The summed E-state index contributed by atoms with van der Waals surface area (Å²) in [5, 5.41) is 14.1. The molecule has 4 heterocycles. The summed E-state index contributed by atoms with van der Waals surface area (Å²) in [5.74, 6) is -0.882. The Morgan fingerprint density at radius 2 is 2.10 bits per heavy atom. The molecule has 1 aromatic carbocycles. The van der Waals surface area contributed by atoms with E-state index in [-0.39, 0.29) is 48.6 Å². The number of hydrogen-bond acceptors (Lipinski definition) is 9. The highest BCUT2D eigenvalue weighted by atomic mass is 35.5. The van der Waals surface area contributed by atoms with Gasteiger partial charge in [0.1, 0.15) is 4.21 Å². The van der Waals surface area contributed by atoms with Crippen molar-refractivity contribution in [1.82, 2.24) is 19.5 Å². The molecule has 39 heavy (non-hydrogen) atoms. The molecule has 3 aromatic rings. The molecule has 0 bridgehead atoms. The fourth-order valence-electron chi connectivity index (χ4n) is 5.08. The van der Waals surface area contributed by atoms with Crippen molar-refractivity contribution >= 4 is 66.2 Å². The highest BCUT2D eigenvalue weighted by molar-refractivity contribution is 7.91. The lowest BCUT2D eigenvalue weighted by atomic mass is 10.1. The van der Waals surface area contributed by atoms with Gasteiger partial charge in [-0.15, -0.1) is 22.7 Å². The van der Waals surface area contributed by atoms with Crippen molar-refractivity contribution in [1.29, 1.82) is 5.26 Å². The molecular formula is C25H27ClN6O4S3. The summed E-state index contributed by atoms with van der Waals surface area (Å²) in [6.07, 6.45) is 1.02. The van der Waals surface area contributed by atoms with Crippen LogP contribution in [0.1, 0.15) is 45.7 Å². The first-order chi connectivity index (χ1) is 18.6. The Morgan fingerprint density at radius 3 is 2.85 bits per heavy atom. The van der Waals surface area contributed by atoms with Crippen LogP contribution in [0, 0.1) is 11.3 Å². The number of carbonyl (C=O) groups excluding carboxylic acids is 2. The van der Waals surface area contributed by atoms with E-state index < -0.39 is 22.0 Å². The van der Waals surface area contributed by atoms with Gasteiger partial charge in [-0.25, -0.2) is 13.4 Å². The van der Waals surface area contributed by atoms with Gasteiger partial charge in [0.05, 0.1) is 18.2 Å². The minimum absolute atomic E-state index is 0.0322. The number of sulfonamides is 1. The van der Waals surface area contributed by atoms with Crippen LogP contribution in [0.4, 0.5) is 0 Å². The van der Waals surface area contributed by atoms with Crippen molar-refractivity contribution in [2.45, 2.75) is 55.4 Å². The van der Waals surface area contributed by atoms with Crippen molar-refractivity contribution < 1.29 is 18.0 Å². The summed E-state index contributed by atoms with van der Waals surface area (Å²) in [4.78, 5) is 32.7. The molecule has 2 amide bonds. The molecule has 3 N–H and O–H groups in total. The fraction of sp³-hybridized carbons (Fsp3) is 0.440. The van der Waals surface area contributed by atoms with Crippen molar-refractivity contribution in [2.75, 3.05) is 19.6 Å². The number of amides is 2. The lowest BCUT2D eigenvalue weighted by Gasteiger charge is -2.40. The molecule has 0 radical (unpaired) electrons. The summed E-state index contributed by atoms with van der Waals surface area (Å²) < 4.78 is 29.9. The highest BCUT2D eigenvalue weighted by Crippen LogP contribution is 2.39. The number of piperazine rings is 1. The predicted molar refractivity (Wildman–Crippen MR) is 150 cm³/mol. The van der Waals surface area contributed by atoms with Gasteiger partial charge in [-0.1, -0.05) is 17.7 Å². The third-order valence-corrected chi connectivity index (χ3v) is 11.9. The minimum Gasteiger partial charge on any atom is -0.369 e. The summed E-state index contributed by atoms with van der Waals surface area (Å²) in [5.41, 5.74) is 6.75. The van der Waals surface area contributed by atoms with E-state index in [1.54, 1.807) is 23.1 Å². The monoisotopic (exact) mass is 606 g/mol. The zero-order valence-corrected chi connectivity index (χ0v) is 24.4. The molecule has 5 rings (SSSR count). The Labute approximate surface area is 239 Å². The van der Waals surface area contributed by atoms with Gasteiger partial charge < -0.3 is 16.0 Å². The molecule has 2 aliphatic heterocycles. The molecule has 2 aromatic heterocycles. The minimum atomic E-state index is -4.03. The quantitative estimate of drug-likeness (QED) is 0.420. The summed E-state index contributed by atoms with van der Waals surface area (Å²) in [6.45, 7) is 3.01. The van der Waals surface area contributed by atoms with Crippen LogP contribution < -0.4 is 11.1 Å². The maximum Gasteiger partial charge on any atom is 0.283 e. The van der Waals surface area contributed by atoms with Gasteiger partial charge in [0.15, 0.2) is 5.01 Å². The number of nitrogens with zero attached hydrogens (tertiary/aromatic N) is 4. The number of primary amides is 1. The van der Waals surface area contributed by atoms with Crippen LogP contribution in [0.2, 0.25) is 5.02 Å². The Hall–Kier alpha value is -2.60. The number of nitrogens with one attached hydrogen (secondary N) is 1. The van der Waals surface area contributed by atoms with E-state index in [9.17, 15) is 23.3 Å². The lowest BCUT2D eigenvalue weighted by Crippen LogP contribution is -2.56. The Morgan fingerprint density at radius 1 is 1.31 bits per heavy atom. The summed E-state index contributed by atoms with van der Waals surface area (Å²) in [7, 11) is -4.03. The Balaban J connectivity index is 1.44. The van der Waals surface area contributed by atoms with Gasteiger partial charge in [0.2, 0.25) is 5.91 Å². The van der Waals surface area contributed by atoms with Crippen molar-refractivity contribution in [2.24, 2.45) is 5.73 Å². The number of benzene rings is 1. The second kappa shape index (κ2) is 11.1. The largest absolute Gasteiger partial charge is 0.369 e. The number of nitrogens with two attached hydrogens (primary N) is 1. The zero-order chi connectivity index (χ0) is 27.9. The molecule has 0 aliphatic carbocycles. The van der Waals surface area contributed by atoms with Crippen LogP contribution >= 0.6 is 34.3 Å². The topological polar surface area (TPSA) is 149 Å². The Bertz CT molecular complexity index is 1590. The summed E-state index contributed by atoms with van der Waals surface area (Å²) in [6, 6.07) is 6.90. The van der Waals surface area contributed by atoms with E-state index in [1.165, 1.54) is 15.6 Å². The molecule has 2 aliphatic rings. The number of hydrogen-bond donors (Lipinski definition) is 2. The van der Waals surface area contributed by atoms with Gasteiger partial charge in [-0.2, -0.15) is 9.57 Å². The van der Waals surface area contributed by atoms with E-state index >= 15 is 0 Å². The van der Waals surface area contributed by atoms with Crippen LogP contribution in [0.15, 0.2) is 22.4 Å². The van der Waals surface area contributed by atoms with Crippen LogP contribution in [-0.4, -0.2) is 66.1 Å². The number of rotatable bonds is 7. The fourth-order valence-corrected chi connectivity index (χ4v) is 9.73. The van der Waals surface area contributed by atoms with E-state index in [0.717, 1.165) is 28.3 Å². The molecule has 206 valence electrons. The first kappa shape index (κ1) is 27.9. The van der Waals surface area contributed by atoms with Crippen molar-refractivity contribution in [3.63, 3.8) is 0 Å². The molecule has 2 unspecified atom stereocenters. The number of nitriles is 1. The number of fused-ring (bicyclic) bond motifs is 2. The Kier molecular flexibility index (Phi) is 7.96. The molecule has 0 spiro atoms. The first-order valence-corrected chi connectivity index (χ1v) is 15.9. The third kappa shape index (κ3) is 5.54. The first-order valence-electron chi connectivity index (χ1n) is 12.5. The van der Waals surface area contributed by atoms with Gasteiger partial charge in [-0.3, -0.25) is 9.59 Å². The van der Waals surface area contributed by atoms with Crippen molar-refractivity contribution in [3.8, 4) is 6.07 Å². The van der Waals surface area contributed by atoms with E-state index in [4.69, 9.17) is 17.3 Å². The predicted octanol–water partition coefficient (Wildman–Crippen LogP) is 2.89. The van der Waals surface area contributed by atoms with Gasteiger partial charge in [-0.05, 0) is 30.9 Å². The molecule has 1 saturated heterocycles. The maximum atomic E-state index is 13.9. The lowest BCUT2D eigenvalue weighted by molar-refractivity contribution is -0.117. The normalized spacial score (nSPS) is 20.1. The molecule has 0 saturated carbocycles. The number of aromatic nitrogens is 1. The third-order valence-electron chi connectivity index (χ3n) is 7.01. The SMILES string of the molecule is CC1Cc2nc(C(=O)N3CCN(S(=O)(=O)c4sc5cc(Cl)ccc5c4CC(N)=O)CC3CCC#N)sc2CN1. The number of thiophene rings is 1. The summed E-state index contributed by atoms with van der Waals surface area (Å²) >= 11 is 8.55. The molecule has 2 atom stereocenters. The van der Waals surface area contributed by atoms with E-state index in [2.05, 4.69) is 23.3 Å². The van der Waals surface area contributed by atoms with Crippen molar-refractivity contribution in [3.05, 3.63) is 44.4 Å². The van der Waals surface area contributed by atoms with Crippen LogP contribution in [0.25, 0.3) is 10.1 Å². The second-order valence-electron chi connectivity index (χ2n) is 9.74. The average molecular weight is 607 g/mol. The average Bonchev–Trinajstić information content (AvgIpc) is 3.47. The highest BCUT2D eigenvalue weighted by Gasteiger charge is 2.39. The second-order valence-corrected chi connectivity index (χ2v) is 14.4. The number of thiazole rings is 1. The smallest absolute Gasteiger partial charge is 0.283 e. The molecular weight excluding hydrogens is 580 g/mol. The van der Waals surface area contributed by atoms with Gasteiger partial charge >= 0.3 is 0 Å². The standard InChI is InChI=1S/C25H27ClN6O4S3/c1-14-9-19-21(12-29-14)37-23(30-19)24(34)32-8-7-31(13-16(32)3-2-6-27)39(35,36)25-18(11-22(28)33)17-5-4-15(26)10-20(17)38-25/h4-5,10,14,16,29H,2-3,7-9,11-13H2,1H3,(H2,28,33). The number of halogens is 1. The zero-order valence-electron chi connectivity index (χ0n) is 21.1. The van der Waals surface area contributed by atoms with Crippen LogP contribution in [0.5, 0.6) is 0 Å². The molecule has 14 heteroatoms. The number of carbonyl (C=O) groups is 2. The van der Waals surface area contributed by atoms with Gasteiger partial charge in [0.25, 0.3) is 15.9 Å². The molecule has 1 fully saturated rings. The van der Waals surface area contributed by atoms with Crippen LogP contribution in [-0.2, 0) is 34.2 Å². The van der Waals surface area contributed by atoms with E-state index in [0.29, 0.717) is 38.6 Å². The molecule has 10 nitrogen and oxygen atoms in total. The van der Waals surface area contributed by atoms with Gasteiger partial charge in [0, 0.05) is 71.3 Å². The van der Waals surface area contributed by atoms with Crippen LogP contribution in [0.3, 0.4) is 0 Å².